The highest BCUT2D eigenvalue weighted by Gasteiger charge is 1.75. The predicted octanol–water partition coefficient (Wildman–Crippen LogP) is 1.71. The van der Waals surface area contributed by atoms with Gasteiger partial charge < -0.3 is 0 Å². The molecule has 0 radical (unpaired) electrons. The lowest BCUT2D eigenvalue weighted by molar-refractivity contribution is 1.56. The predicted molar refractivity (Wildman–Crippen MR) is 36.8 cm³/mol. The van der Waals surface area contributed by atoms with Gasteiger partial charge in [-0.1, -0.05) is 0 Å². The summed E-state index contributed by atoms with van der Waals surface area (Å²) in [5, 5.41) is 0. The number of rotatable bonds is 3. The minimum atomic E-state index is -1.80. The highest BCUT2D eigenvalue weighted by Crippen LogP contribution is 1.97. The molecule has 0 aromatic carbocycles. The molecule has 0 aromatic rings. The summed E-state index contributed by atoms with van der Waals surface area (Å²) in [6.07, 6.45) is 3.13. The number of hydrogen-bond acceptors (Lipinski definition) is 2. The van der Waals surface area contributed by atoms with Crippen LogP contribution in [0.5, 0.6) is 0 Å². The molecule has 0 unspecified atom stereocenters. The van der Waals surface area contributed by atoms with Crippen molar-refractivity contribution in [3.05, 3.63) is 0 Å². The third-order valence-electron chi connectivity index (χ3n) is 0.246. The van der Waals surface area contributed by atoms with Gasteiger partial charge >= 0.3 is 0 Å². The SMILES string of the molecule is [2H]C([2H])(SC)C([2H])([2H])SC. The van der Waals surface area contributed by atoms with Crippen LogP contribution in [0.25, 0.3) is 0 Å². The summed E-state index contributed by atoms with van der Waals surface area (Å²) in [6.45, 7) is 0. The van der Waals surface area contributed by atoms with Crippen LogP contribution < -0.4 is 0 Å². The summed E-state index contributed by atoms with van der Waals surface area (Å²) in [5.41, 5.74) is -3.60. The first-order valence-corrected chi connectivity index (χ1v) is 3.92. The van der Waals surface area contributed by atoms with Crippen molar-refractivity contribution in [3.8, 4) is 0 Å². The molecule has 0 rings (SSSR count). The Bertz CT molecular complexity index is 99.8. The van der Waals surface area contributed by atoms with Gasteiger partial charge in [0, 0.05) is 16.9 Å². The largest absolute Gasteiger partial charge is 0.165 e. The maximum atomic E-state index is 7.21. The average Bonchev–Trinajstić information content (AvgIpc) is 1.88. The van der Waals surface area contributed by atoms with Crippen LogP contribution in [-0.4, -0.2) is 23.9 Å². The van der Waals surface area contributed by atoms with Gasteiger partial charge in [0.15, 0.2) is 0 Å². The number of thioether (sulfide) groups is 2. The third-order valence-corrected chi connectivity index (χ3v) is 0.987. The molecule has 0 amide bonds. The van der Waals surface area contributed by atoms with Gasteiger partial charge in [0.1, 0.15) is 0 Å². The van der Waals surface area contributed by atoms with E-state index in [4.69, 9.17) is 5.48 Å². The Morgan fingerprint density at radius 3 is 1.83 bits per heavy atom. The van der Waals surface area contributed by atoms with E-state index in [2.05, 4.69) is 0 Å². The van der Waals surface area contributed by atoms with E-state index in [-0.39, 0.29) is 0 Å². The van der Waals surface area contributed by atoms with Gasteiger partial charge in [-0.25, -0.2) is 0 Å². The molecule has 6 heavy (non-hydrogen) atoms. The van der Waals surface area contributed by atoms with Crippen LogP contribution in [0.1, 0.15) is 5.48 Å². The second-order valence-electron chi connectivity index (χ2n) is 0.612. The van der Waals surface area contributed by atoms with E-state index in [1.54, 1.807) is 12.5 Å². The summed E-state index contributed by atoms with van der Waals surface area (Å²) in [5.74, 6) is 0. The van der Waals surface area contributed by atoms with Crippen LogP contribution in [0, 0.1) is 0 Å². The molecular weight excluding hydrogens is 112 g/mol. The molecule has 0 aromatic heterocycles. The lowest BCUT2D eigenvalue weighted by atomic mass is 11.0. The van der Waals surface area contributed by atoms with Crippen LogP contribution >= 0.6 is 23.5 Å². The van der Waals surface area contributed by atoms with E-state index in [0.717, 1.165) is 23.5 Å². The van der Waals surface area contributed by atoms with Crippen molar-refractivity contribution < 1.29 is 5.48 Å². The zero-order valence-corrected chi connectivity index (χ0v) is 5.45. The maximum absolute atomic E-state index is 7.21. The van der Waals surface area contributed by atoms with Crippen molar-refractivity contribution in [2.45, 2.75) is 0 Å². The van der Waals surface area contributed by atoms with Crippen LogP contribution in [0.15, 0.2) is 0 Å². The van der Waals surface area contributed by atoms with Crippen LogP contribution in [0.2, 0.25) is 0 Å². The van der Waals surface area contributed by atoms with Crippen molar-refractivity contribution in [2.24, 2.45) is 0 Å². The first kappa shape index (κ1) is 2.31. The van der Waals surface area contributed by atoms with Crippen molar-refractivity contribution in [1.29, 1.82) is 0 Å². The summed E-state index contributed by atoms with van der Waals surface area (Å²) in [7, 11) is 0. The van der Waals surface area contributed by atoms with Gasteiger partial charge in [0.05, 0.1) is 0 Å². The van der Waals surface area contributed by atoms with Crippen molar-refractivity contribution in [2.75, 3.05) is 23.9 Å². The van der Waals surface area contributed by atoms with Crippen LogP contribution in [-0.2, 0) is 0 Å². The van der Waals surface area contributed by atoms with E-state index in [9.17, 15) is 0 Å². The van der Waals surface area contributed by atoms with E-state index in [1.807, 2.05) is 0 Å². The molecule has 2 heteroatoms. The topological polar surface area (TPSA) is 0 Å². The van der Waals surface area contributed by atoms with Gasteiger partial charge in [0.25, 0.3) is 0 Å². The van der Waals surface area contributed by atoms with Crippen molar-refractivity contribution in [1.82, 2.24) is 0 Å². The number of hydrogen-bond donors (Lipinski definition) is 0. The highest BCUT2D eigenvalue weighted by molar-refractivity contribution is 8.02. The van der Waals surface area contributed by atoms with E-state index >= 15 is 0 Å². The molecule has 0 saturated carbocycles. The fraction of sp³-hybridized carbons (Fsp3) is 1.00. The molecule has 0 heterocycles. The average molecular weight is 126 g/mol. The molecule has 0 atom stereocenters. The maximum Gasteiger partial charge on any atom is 0.0389 e. The van der Waals surface area contributed by atoms with Gasteiger partial charge in [-0.3, -0.25) is 0 Å². The molecule has 0 fully saturated rings. The summed E-state index contributed by atoms with van der Waals surface area (Å²) in [4.78, 5) is 0. The molecule has 0 aliphatic carbocycles. The standard InChI is InChI=1S/C4H10S2/c1-5-3-4-6-2/h3-4H2,1-2H3/i3D2,4D2. The highest BCUT2D eigenvalue weighted by atomic mass is 32.2. The molecule has 0 aliphatic heterocycles. The molecule has 0 N–H and O–H groups in total. The molecule has 0 spiro atoms. The molecule has 0 nitrogen and oxygen atoms in total. The molecular formula is C4H10S2. The second kappa shape index (κ2) is 5.70. The lowest BCUT2D eigenvalue weighted by Crippen LogP contribution is -1.77. The van der Waals surface area contributed by atoms with Crippen LogP contribution in [0.4, 0.5) is 0 Å². The monoisotopic (exact) mass is 126 g/mol. The molecule has 0 saturated heterocycles. The van der Waals surface area contributed by atoms with Gasteiger partial charge in [-0.2, -0.15) is 23.5 Å². The third kappa shape index (κ3) is 4.70. The molecule has 0 aliphatic rings. The first-order chi connectivity index (χ1) is 4.37. The van der Waals surface area contributed by atoms with Gasteiger partial charge in [-0.15, -0.1) is 0 Å². The fourth-order valence-electron chi connectivity index (χ4n) is 0.0833. The Morgan fingerprint density at radius 2 is 1.67 bits per heavy atom. The minimum Gasteiger partial charge on any atom is -0.165 e. The smallest absolute Gasteiger partial charge is 0.0389 e. The van der Waals surface area contributed by atoms with Crippen molar-refractivity contribution in [3.63, 3.8) is 0 Å². The summed E-state index contributed by atoms with van der Waals surface area (Å²) in [6, 6.07) is 0. The Balaban J connectivity index is 4.28. The van der Waals surface area contributed by atoms with E-state index < -0.39 is 11.4 Å². The zero-order chi connectivity index (χ0) is 8.41. The Labute approximate surface area is 53.7 Å². The summed E-state index contributed by atoms with van der Waals surface area (Å²) < 4.78 is 28.8. The Kier molecular flexibility index (Phi) is 2.20. The van der Waals surface area contributed by atoms with E-state index in [1.165, 1.54) is 0 Å². The molecule has 0 bridgehead atoms. The lowest BCUT2D eigenvalue weighted by Gasteiger charge is -1.86. The quantitative estimate of drug-likeness (QED) is 0.564. The second-order valence-corrected chi connectivity index (χ2v) is 1.84. The van der Waals surface area contributed by atoms with Gasteiger partial charge in [-0.05, 0) is 12.5 Å². The van der Waals surface area contributed by atoms with E-state index in [0.29, 0.717) is 0 Å². The fourth-order valence-corrected chi connectivity index (χ4v) is 0.750. The van der Waals surface area contributed by atoms with Crippen molar-refractivity contribution >= 4 is 23.5 Å². The normalized spacial score (nSPS) is 23.7. The Hall–Kier alpha value is 0.700. The van der Waals surface area contributed by atoms with Gasteiger partial charge in [0.2, 0.25) is 0 Å². The summed E-state index contributed by atoms with van der Waals surface area (Å²) >= 11 is 1.79. The first-order valence-electron chi connectivity index (χ1n) is 3.47. The van der Waals surface area contributed by atoms with Crippen LogP contribution in [0.3, 0.4) is 0 Å². The molecule has 38 valence electrons. The zero-order valence-electron chi connectivity index (χ0n) is 7.82. The Morgan fingerprint density at radius 1 is 1.33 bits per heavy atom. The minimum absolute atomic E-state index is 0.896.